The number of aromatic nitrogens is 1. The molecular weight excluding hydrogens is 298 g/mol. The van der Waals surface area contributed by atoms with Crippen LogP contribution in [0.25, 0.3) is 10.2 Å². The normalized spacial score (nSPS) is 11.3. The van der Waals surface area contributed by atoms with Gasteiger partial charge >= 0.3 is 0 Å². The minimum absolute atomic E-state index is 0.146. The van der Waals surface area contributed by atoms with Crippen LogP contribution in [0.5, 0.6) is 5.75 Å². The molecule has 1 aromatic heterocycles. The van der Waals surface area contributed by atoms with Crippen molar-refractivity contribution in [1.29, 1.82) is 0 Å². The van der Waals surface area contributed by atoms with E-state index < -0.39 is 0 Å². The second-order valence-electron chi connectivity index (χ2n) is 3.38. The van der Waals surface area contributed by atoms with E-state index in [1.54, 1.807) is 0 Å². The highest BCUT2D eigenvalue weighted by atomic mass is 79.9. The summed E-state index contributed by atoms with van der Waals surface area (Å²) in [6.45, 7) is 3.98. The lowest BCUT2D eigenvalue weighted by molar-refractivity contribution is 0.241. The zero-order valence-electron chi connectivity index (χ0n) is 8.25. The van der Waals surface area contributed by atoms with Gasteiger partial charge in [-0.15, -0.1) is 11.3 Å². The van der Waals surface area contributed by atoms with E-state index in [0.29, 0.717) is 4.47 Å². The van der Waals surface area contributed by atoms with E-state index in [1.165, 1.54) is 11.3 Å². The van der Waals surface area contributed by atoms with Crippen LogP contribution < -0.4 is 4.74 Å². The van der Waals surface area contributed by atoms with E-state index in [0.717, 1.165) is 20.4 Å². The van der Waals surface area contributed by atoms with Gasteiger partial charge in [0.25, 0.3) is 0 Å². The fraction of sp³-hybridized carbons (Fsp3) is 0.300. The first-order chi connectivity index (χ1) is 7.06. The standard InChI is InChI=1S/C10H9BrClNOS/c1-5(2)14-8-4-7-9(3-6(8)11)15-10(12)13-7/h3-5H,1-2H3. The monoisotopic (exact) mass is 305 g/mol. The average Bonchev–Trinajstić information content (AvgIpc) is 2.44. The number of benzene rings is 1. The number of hydrogen-bond acceptors (Lipinski definition) is 3. The Hall–Kier alpha value is -0.320. The molecule has 1 heterocycles. The zero-order valence-corrected chi connectivity index (χ0v) is 11.4. The van der Waals surface area contributed by atoms with Crippen molar-refractivity contribution in [3.63, 3.8) is 0 Å². The second kappa shape index (κ2) is 4.28. The van der Waals surface area contributed by atoms with E-state index in [-0.39, 0.29) is 6.10 Å². The first-order valence-electron chi connectivity index (χ1n) is 4.48. The lowest BCUT2D eigenvalue weighted by Gasteiger charge is -2.10. The molecule has 0 saturated carbocycles. The molecule has 2 aromatic rings. The highest BCUT2D eigenvalue weighted by Crippen LogP contribution is 2.34. The number of hydrogen-bond donors (Lipinski definition) is 0. The number of thiazole rings is 1. The highest BCUT2D eigenvalue weighted by Gasteiger charge is 2.09. The van der Waals surface area contributed by atoms with Crippen molar-refractivity contribution in [2.45, 2.75) is 20.0 Å². The van der Waals surface area contributed by atoms with Crippen molar-refractivity contribution in [2.75, 3.05) is 0 Å². The summed E-state index contributed by atoms with van der Waals surface area (Å²) in [6.07, 6.45) is 0.146. The van der Waals surface area contributed by atoms with E-state index in [4.69, 9.17) is 16.3 Å². The molecule has 0 aliphatic heterocycles. The van der Waals surface area contributed by atoms with Gasteiger partial charge in [0.2, 0.25) is 0 Å². The smallest absolute Gasteiger partial charge is 0.184 e. The fourth-order valence-corrected chi connectivity index (χ4v) is 2.89. The summed E-state index contributed by atoms with van der Waals surface area (Å²) in [5.74, 6) is 0.805. The van der Waals surface area contributed by atoms with Crippen molar-refractivity contribution in [3.05, 3.63) is 21.1 Å². The number of fused-ring (bicyclic) bond motifs is 1. The summed E-state index contributed by atoms with van der Waals surface area (Å²) in [7, 11) is 0. The first kappa shape index (κ1) is 11.2. The van der Waals surface area contributed by atoms with Gasteiger partial charge in [0, 0.05) is 6.07 Å². The van der Waals surface area contributed by atoms with Crippen LogP contribution in [-0.4, -0.2) is 11.1 Å². The molecule has 0 bridgehead atoms. The van der Waals surface area contributed by atoms with E-state index in [9.17, 15) is 0 Å². The molecule has 0 radical (unpaired) electrons. The highest BCUT2D eigenvalue weighted by molar-refractivity contribution is 9.10. The molecule has 2 rings (SSSR count). The molecule has 0 unspecified atom stereocenters. The Morgan fingerprint density at radius 3 is 2.87 bits per heavy atom. The van der Waals surface area contributed by atoms with Crippen molar-refractivity contribution in [1.82, 2.24) is 4.98 Å². The second-order valence-corrected chi connectivity index (χ2v) is 5.85. The minimum atomic E-state index is 0.146. The van der Waals surface area contributed by atoms with Gasteiger partial charge in [0.05, 0.1) is 20.8 Å². The molecular formula is C10H9BrClNOS. The van der Waals surface area contributed by atoms with Crippen molar-refractivity contribution < 1.29 is 4.74 Å². The molecule has 5 heteroatoms. The maximum atomic E-state index is 5.84. The summed E-state index contributed by atoms with van der Waals surface area (Å²) in [4.78, 5) is 4.21. The third-order valence-electron chi connectivity index (χ3n) is 1.78. The molecule has 0 aliphatic rings. The molecule has 0 N–H and O–H groups in total. The predicted octanol–water partition coefficient (Wildman–Crippen LogP) is 4.50. The van der Waals surface area contributed by atoms with Crippen LogP contribution in [0.3, 0.4) is 0 Å². The minimum Gasteiger partial charge on any atom is -0.490 e. The van der Waals surface area contributed by atoms with Gasteiger partial charge < -0.3 is 4.74 Å². The van der Waals surface area contributed by atoms with Crippen LogP contribution in [0.1, 0.15) is 13.8 Å². The van der Waals surface area contributed by atoms with E-state index in [1.807, 2.05) is 26.0 Å². The van der Waals surface area contributed by atoms with Gasteiger partial charge in [-0.05, 0) is 35.8 Å². The third-order valence-corrected chi connectivity index (χ3v) is 3.52. The van der Waals surface area contributed by atoms with Crippen molar-refractivity contribution >= 4 is 49.1 Å². The topological polar surface area (TPSA) is 22.1 Å². The van der Waals surface area contributed by atoms with Crippen LogP contribution in [0.4, 0.5) is 0 Å². The van der Waals surface area contributed by atoms with E-state index in [2.05, 4.69) is 20.9 Å². The maximum Gasteiger partial charge on any atom is 0.184 e. The molecule has 0 amide bonds. The van der Waals surface area contributed by atoms with Gasteiger partial charge in [-0.3, -0.25) is 0 Å². The Bertz CT molecular complexity index is 497. The van der Waals surface area contributed by atoms with Gasteiger partial charge in [-0.2, -0.15) is 0 Å². The quantitative estimate of drug-likeness (QED) is 0.815. The van der Waals surface area contributed by atoms with Crippen molar-refractivity contribution in [3.8, 4) is 5.75 Å². The van der Waals surface area contributed by atoms with Crippen LogP contribution in [0, 0.1) is 0 Å². The summed E-state index contributed by atoms with van der Waals surface area (Å²) < 4.78 is 8.18. The Balaban J connectivity index is 2.51. The lowest BCUT2D eigenvalue weighted by Crippen LogP contribution is -2.05. The molecule has 80 valence electrons. The summed E-state index contributed by atoms with van der Waals surface area (Å²) in [6, 6.07) is 3.89. The van der Waals surface area contributed by atoms with Crippen LogP contribution in [0.2, 0.25) is 4.47 Å². The Morgan fingerprint density at radius 2 is 2.20 bits per heavy atom. The molecule has 1 aromatic carbocycles. The Morgan fingerprint density at radius 1 is 1.47 bits per heavy atom. The molecule has 0 atom stereocenters. The SMILES string of the molecule is CC(C)Oc1cc2nc(Cl)sc2cc1Br. The summed E-state index contributed by atoms with van der Waals surface area (Å²) >= 11 is 10.8. The van der Waals surface area contributed by atoms with E-state index >= 15 is 0 Å². The molecule has 15 heavy (non-hydrogen) atoms. The Kier molecular flexibility index (Phi) is 3.19. The van der Waals surface area contributed by atoms with Crippen molar-refractivity contribution in [2.24, 2.45) is 0 Å². The molecule has 0 spiro atoms. The number of halogens is 2. The predicted molar refractivity (Wildman–Crippen MR) is 68.1 cm³/mol. The number of ether oxygens (including phenoxy) is 1. The average molecular weight is 307 g/mol. The fourth-order valence-electron chi connectivity index (χ4n) is 1.25. The Labute approximate surface area is 105 Å². The molecule has 0 saturated heterocycles. The van der Waals surface area contributed by atoms with Gasteiger partial charge in [0.1, 0.15) is 5.75 Å². The van der Waals surface area contributed by atoms with Gasteiger partial charge in [0.15, 0.2) is 4.47 Å². The summed E-state index contributed by atoms with van der Waals surface area (Å²) in [5, 5.41) is 0. The first-order valence-corrected chi connectivity index (χ1v) is 6.47. The van der Waals surface area contributed by atoms with Crippen LogP contribution in [0.15, 0.2) is 16.6 Å². The molecule has 0 aliphatic carbocycles. The van der Waals surface area contributed by atoms with Gasteiger partial charge in [-0.1, -0.05) is 11.6 Å². The van der Waals surface area contributed by atoms with Gasteiger partial charge in [-0.25, -0.2) is 4.98 Å². The molecule has 2 nitrogen and oxygen atoms in total. The summed E-state index contributed by atoms with van der Waals surface area (Å²) in [5.41, 5.74) is 0.879. The zero-order chi connectivity index (χ0) is 11.0. The van der Waals surface area contributed by atoms with Crippen LogP contribution >= 0.6 is 38.9 Å². The van der Waals surface area contributed by atoms with Crippen LogP contribution in [-0.2, 0) is 0 Å². The lowest BCUT2D eigenvalue weighted by atomic mass is 10.3. The largest absolute Gasteiger partial charge is 0.490 e. The maximum absolute atomic E-state index is 5.84. The number of nitrogens with zero attached hydrogens (tertiary/aromatic N) is 1. The number of rotatable bonds is 2. The third kappa shape index (κ3) is 2.44. The molecule has 0 fully saturated rings.